The number of hydrogen-bond donors (Lipinski definition) is 1. The van der Waals surface area contributed by atoms with Crippen LogP contribution in [0.4, 0.5) is 0 Å². The molecule has 1 rings (SSSR count). The Bertz CT molecular complexity index is 375. The quantitative estimate of drug-likeness (QED) is 0.789. The first-order valence-electron chi connectivity index (χ1n) is 7.66. The van der Waals surface area contributed by atoms with Gasteiger partial charge in [-0.1, -0.05) is 26.0 Å². The van der Waals surface area contributed by atoms with E-state index < -0.39 is 6.10 Å². The first-order valence-corrected chi connectivity index (χ1v) is 7.66. The molecule has 0 spiro atoms. The van der Waals surface area contributed by atoms with Crippen LogP contribution in [-0.2, 0) is 0 Å². The average Bonchev–Trinajstić information content (AvgIpc) is 2.43. The van der Waals surface area contributed by atoms with Gasteiger partial charge in [-0.05, 0) is 51.4 Å². The predicted octanol–water partition coefficient (Wildman–Crippen LogP) is 3.63. The zero-order valence-corrected chi connectivity index (χ0v) is 13.5. The van der Waals surface area contributed by atoms with E-state index in [9.17, 15) is 5.11 Å². The zero-order chi connectivity index (χ0) is 15.1. The lowest BCUT2D eigenvalue weighted by atomic mass is 10.1. The van der Waals surface area contributed by atoms with Crippen molar-refractivity contribution in [3.05, 3.63) is 29.8 Å². The van der Waals surface area contributed by atoms with Gasteiger partial charge in [-0.3, -0.25) is 4.90 Å². The van der Waals surface area contributed by atoms with E-state index in [4.69, 9.17) is 4.74 Å². The van der Waals surface area contributed by atoms with Crippen molar-refractivity contribution in [1.29, 1.82) is 0 Å². The lowest BCUT2D eigenvalue weighted by Gasteiger charge is -2.29. The van der Waals surface area contributed by atoms with Gasteiger partial charge in [0.05, 0.1) is 12.2 Å². The highest BCUT2D eigenvalue weighted by atomic mass is 16.5. The lowest BCUT2D eigenvalue weighted by Crippen LogP contribution is -2.35. The number of nitrogens with zero attached hydrogens (tertiary/aromatic N) is 1. The predicted molar refractivity (Wildman–Crippen MR) is 84.2 cm³/mol. The van der Waals surface area contributed by atoms with Crippen LogP contribution in [0.2, 0.25) is 0 Å². The number of ether oxygens (including phenoxy) is 1. The number of likely N-dealkylation sites (N-methyl/N-ethyl adjacent to an activating group) is 1. The Morgan fingerprint density at radius 3 is 2.15 bits per heavy atom. The van der Waals surface area contributed by atoms with Crippen molar-refractivity contribution >= 4 is 0 Å². The summed E-state index contributed by atoms with van der Waals surface area (Å²) >= 11 is 0. The van der Waals surface area contributed by atoms with Crippen LogP contribution in [0.5, 0.6) is 5.75 Å². The van der Waals surface area contributed by atoms with Crippen molar-refractivity contribution < 1.29 is 9.84 Å². The Labute approximate surface area is 123 Å². The van der Waals surface area contributed by atoms with Crippen LogP contribution in [0, 0.1) is 0 Å². The Morgan fingerprint density at radius 1 is 1.10 bits per heavy atom. The van der Waals surface area contributed by atoms with Gasteiger partial charge in [0.2, 0.25) is 0 Å². The fourth-order valence-electron chi connectivity index (χ4n) is 2.25. The van der Waals surface area contributed by atoms with E-state index in [-0.39, 0.29) is 6.10 Å². The second-order valence-electron chi connectivity index (χ2n) is 5.60. The Morgan fingerprint density at radius 2 is 1.70 bits per heavy atom. The maximum Gasteiger partial charge on any atom is 0.119 e. The third kappa shape index (κ3) is 5.14. The minimum absolute atomic E-state index is 0.173. The fraction of sp³-hybridized carbons (Fsp3) is 0.647. The summed E-state index contributed by atoms with van der Waals surface area (Å²) in [5.41, 5.74) is 0.947. The van der Waals surface area contributed by atoms with Crippen molar-refractivity contribution in [3.8, 4) is 5.75 Å². The molecule has 0 aliphatic heterocycles. The van der Waals surface area contributed by atoms with Crippen LogP contribution < -0.4 is 4.74 Å². The molecule has 0 amide bonds. The van der Waals surface area contributed by atoms with Gasteiger partial charge in [-0.25, -0.2) is 0 Å². The first-order chi connectivity index (χ1) is 9.47. The molecule has 0 heterocycles. The summed E-state index contributed by atoms with van der Waals surface area (Å²) in [5, 5.41) is 10.4. The van der Waals surface area contributed by atoms with Gasteiger partial charge in [0.15, 0.2) is 0 Å². The summed E-state index contributed by atoms with van der Waals surface area (Å²) < 4.78 is 5.61. The molecule has 0 fully saturated rings. The minimum Gasteiger partial charge on any atom is -0.491 e. The minimum atomic E-state index is -0.447. The second kappa shape index (κ2) is 8.28. The van der Waals surface area contributed by atoms with Gasteiger partial charge in [-0.2, -0.15) is 0 Å². The highest BCUT2D eigenvalue weighted by Gasteiger charge is 2.16. The molecule has 3 nitrogen and oxygen atoms in total. The molecule has 0 aliphatic rings. The van der Waals surface area contributed by atoms with Crippen LogP contribution in [0.25, 0.3) is 0 Å². The molecule has 0 radical (unpaired) electrons. The maximum atomic E-state index is 10.4. The normalized spacial score (nSPS) is 14.6. The molecule has 114 valence electrons. The molecule has 0 saturated carbocycles. The summed E-state index contributed by atoms with van der Waals surface area (Å²) in [5.74, 6) is 0.852. The van der Waals surface area contributed by atoms with Gasteiger partial charge in [-0.15, -0.1) is 0 Å². The van der Waals surface area contributed by atoms with E-state index in [1.54, 1.807) is 0 Å². The number of aliphatic hydroxyl groups is 1. The first kappa shape index (κ1) is 17.0. The van der Waals surface area contributed by atoms with Gasteiger partial charge in [0, 0.05) is 12.6 Å². The van der Waals surface area contributed by atoms with Crippen molar-refractivity contribution in [2.24, 2.45) is 0 Å². The molecule has 3 heteroatoms. The number of aliphatic hydroxyl groups excluding tert-OH is 1. The molecule has 20 heavy (non-hydrogen) atoms. The second-order valence-corrected chi connectivity index (χ2v) is 5.60. The molecule has 1 N–H and O–H groups in total. The van der Waals surface area contributed by atoms with Crippen LogP contribution in [0.3, 0.4) is 0 Å². The van der Waals surface area contributed by atoms with E-state index in [1.165, 1.54) is 0 Å². The third-order valence-corrected chi connectivity index (χ3v) is 3.66. The lowest BCUT2D eigenvalue weighted by molar-refractivity contribution is 0.0934. The molecule has 2 unspecified atom stereocenters. The highest BCUT2D eigenvalue weighted by molar-refractivity contribution is 5.28. The molecule has 1 aromatic rings. The van der Waals surface area contributed by atoms with E-state index in [0.29, 0.717) is 12.6 Å². The van der Waals surface area contributed by atoms with E-state index in [1.807, 2.05) is 38.1 Å². The fourth-order valence-corrected chi connectivity index (χ4v) is 2.25. The van der Waals surface area contributed by atoms with Gasteiger partial charge in [0.25, 0.3) is 0 Å². The van der Waals surface area contributed by atoms with Crippen molar-refractivity contribution in [2.45, 2.75) is 59.3 Å². The Balaban J connectivity index is 2.64. The number of rotatable bonds is 8. The van der Waals surface area contributed by atoms with Gasteiger partial charge >= 0.3 is 0 Å². The van der Waals surface area contributed by atoms with Crippen molar-refractivity contribution in [1.82, 2.24) is 4.90 Å². The molecule has 0 saturated heterocycles. The summed E-state index contributed by atoms with van der Waals surface area (Å²) in [7, 11) is 0. The highest BCUT2D eigenvalue weighted by Crippen LogP contribution is 2.20. The molecule has 2 atom stereocenters. The summed E-state index contributed by atoms with van der Waals surface area (Å²) in [6.45, 7) is 12.2. The molecule has 0 aromatic heterocycles. The summed E-state index contributed by atoms with van der Waals surface area (Å²) in [6.07, 6.45) is 0.825. The zero-order valence-electron chi connectivity index (χ0n) is 13.5. The third-order valence-electron chi connectivity index (χ3n) is 3.66. The summed E-state index contributed by atoms with van der Waals surface area (Å²) in [6, 6.07) is 8.26. The van der Waals surface area contributed by atoms with Crippen molar-refractivity contribution in [2.75, 3.05) is 13.1 Å². The molecule has 0 aliphatic carbocycles. The Kier molecular flexibility index (Phi) is 7.03. The van der Waals surface area contributed by atoms with E-state index in [0.717, 1.165) is 24.3 Å². The molecule has 0 bridgehead atoms. The standard InChI is InChI=1S/C17H29NO2/c1-6-14(5)18(7-2)12-17(19)15-8-10-16(11-9-15)20-13(3)4/h8-11,13-14,17,19H,6-7,12H2,1-5H3. The van der Waals surface area contributed by atoms with Gasteiger partial charge in [0.1, 0.15) is 5.75 Å². The number of hydrogen-bond acceptors (Lipinski definition) is 3. The average molecular weight is 279 g/mol. The van der Waals surface area contributed by atoms with E-state index >= 15 is 0 Å². The SMILES string of the molecule is CCC(C)N(CC)CC(O)c1ccc(OC(C)C)cc1. The number of benzene rings is 1. The molecular formula is C17H29NO2. The van der Waals surface area contributed by atoms with Crippen LogP contribution >= 0.6 is 0 Å². The molecule has 1 aromatic carbocycles. The maximum absolute atomic E-state index is 10.4. The van der Waals surface area contributed by atoms with Crippen molar-refractivity contribution in [3.63, 3.8) is 0 Å². The Hall–Kier alpha value is -1.06. The van der Waals surface area contributed by atoms with Crippen LogP contribution in [0.15, 0.2) is 24.3 Å². The topological polar surface area (TPSA) is 32.7 Å². The molecular weight excluding hydrogens is 250 g/mol. The smallest absolute Gasteiger partial charge is 0.119 e. The largest absolute Gasteiger partial charge is 0.491 e. The van der Waals surface area contributed by atoms with Crippen LogP contribution in [0.1, 0.15) is 52.7 Å². The van der Waals surface area contributed by atoms with Crippen LogP contribution in [-0.4, -0.2) is 35.2 Å². The van der Waals surface area contributed by atoms with E-state index in [2.05, 4.69) is 25.7 Å². The van der Waals surface area contributed by atoms with Gasteiger partial charge < -0.3 is 9.84 Å². The monoisotopic (exact) mass is 279 g/mol. The summed E-state index contributed by atoms with van der Waals surface area (Å²) in [4.78, 5) is 2.31.